The fourth-order valence-electron chi connectivity index (χ4n) is 2.13. The number of rotatable bonds is 3. The smallest absolute Gasteiger partial charge is 0.230 e. The van der Waals surface area contributed by atoms with E-state index in [1.165, 1.54) is 0 Å². The lowest BCUT2D eigenvalue weighted by atomic mass is 10.0. The van der Waals surface area contributed by atoms with Gasteiger partial charge in [0.1, 0.15) is 23.5 Å². The Morgan fingerprint density at radius 1 is 1.20 bits per heavy atom. The van der Waals surface area contributed by atoms with Gasteiger partial charge in [-0.3, -0.25) is 0 Å². The standard InChI is InChI=1S/C15H14N2O3/c1-9-6-11(8-19-9)14-13(15(16)20-17-14)10-4-3-5-12(7-10)18-2/h3-8H,16H2,1-2H3. The van der Waals surface area contributed by atoms with Crippen LogP contribution in [0.4, 0.5) is 5.88 Å². The minimum absolute atomic E-state index is 0.270. The summed E-state index contributed by atoms with van der Waals surface area (Å²) in [6, 6.07) is 9.47. The fraction of sp³-hybridized carbons (Fsp3) is 0.133. The molecule has 0 spiro atoms. The summed E-state index contributed by atoms with van der Waals surface area (Å²) < 4.78 is 15.7. The van der Waals surface area contributed by atoms with E-state index in [-0.39, 0.29) is 5.88 Å². The molecule has 2 aromatic heterocycles. The third-order valence-electron chi connectivity index (χ3n) is 3.08. The first-order valence-corrected chi connectivity index (χ1v) is 6.14. The van der Waals surface area contributed by atoms with Gasteiger partial charge in [0, 0.05) is 5.56 Å². The van der Waals surface area contributed by atoms with Crippen LogP contribution in [0.15, 0.2) is 45.5 Å². The summed E-state index contributed by atoms with van der Waals surface area (Å²) in [5, 5.41) is 4.03. The van der Waals surface area contributed by atoms with Crippen molar-refractivity contribution in [1.82, 2.24) is 5.16 Å². The van der Waals surface area contributed by atoms with Crippen LogP contribution < -0.4 is 10.5 Å². The van der Waals surface area contributed by atoms with Crippen LogP contribution in [-0.4, -0.2) is 12.3 Å². The lowest BCUT2D eigenvalue weighted by Crippen LogP contribution is -1.88. The van der Waals surface area contributed by atoms with Gasteiger partial charge in [0.2, 0.25) is 5.88 Å². The number of hydrogen-bond donors (Lipinski definition) is 1. The third-order valence-corrected chi connectivity index (χ3v) is 3.08. The second-order valence-electron chi connectivity index (χ2n) is 4.45. The van der Waals surface area contributed by atoms with E-state index in [0.717, 1.165) is 28.2 Å². The second kappa shape index (κ2) is 4.77. The number of benzene rings is 1. The van der Waals surface area contributed by atoms with E-state index in [9.17, 15) is 0 Å². The van der Waals surface area contributed by atoms with Crippen LogP contribution in [0.3, 0.4) is 0 Å². The molecule has 3 aromatic rings. The fourth-order valence-corrected chi connectivity index (χ4v) is 2.13. The number of methoxy groups -OCH3 is 1. The predicted molar refractivity (Wildman–Crippen MR) is 75.3 cm³/mol. The Labute approximate surface area is 115 Å². The van der Waals surface area contributed by atoms with E-state index in [1.807, 2.05) is 37.3 Å². The summed E-state index contributed by atoms with van der Waals surface area (Å²) in [5.74, 6) is 1.82. The molecule has 3 rings (SSSR count). The van der Waals surface area contributed by atoms with E-state index in [2.05, 4.69) is 5.16 Å². The van der Waals surface area contributed by atoms with Crippen molar-refractivity contribution >= 4 is 5.88 Å². The van der Waals surface area contributed by atoms with Crippen LogP contribution in [0.2, 0.25) is 0 Å². The number of nitrogens with zero attached hydrogens (tertiary/aromatic N) is 1. The maximum atomic E-state index is 5.91. The molecule has 102 valence electrons. The lowest BCUT2D eigenvalue weighted by molar-refractivity contribution is 0.415. The first kappa shape index (κ1) is 12.3. The SMILES string of the molecule is COc1cccc(-c2c(-c3coc(C)c3)noc2N)c1. The Morgan fingerprint density at radius 3 is 2.75 bits per heavy atom. The van der Waals surface area contributed by atoms with Crippen molar-refractivity contribution in [3.05, 3.63) is 42.4 Å². The molecule has 2 heterocycles. The van der Waals surface area contributed by atoms with E-state index >= 15 is 0 Å². The first-order valence-electron chi connectivity index (χ1n) is 6.14. The van der Waals surface area contributed by atoms with Crippen molar-refractivity contribution in [2.75, 3.05) is 12.8 Å². The van der Waals surface area contributed by atoms with Crippen LogP contribution >= 0.6 is 0 Å². The number of anilines is 1. The molecule has 5 heteroatoms. The third kappa shape index (κ3) is 2.03. The minimum Gasteiger partial charge on any atom is -0.497 e. The molecule has 20 heavy (non-hydrogen) atoms. The van der Waals surface area contributed by atoms with E-state index in [1.54, 1.807) is 13.4 Å². The van der Waals surface area contributed by atoms with Crippen molar-refractivity contribution in [2.45, 2.75) is 6.92 Å². The molecule has 0 saturated heterocycles. The van der Waals surface area contributed by atoms with Gasteiger partial charge in [-0.2, -0.15) is 0 Å². The second-order valence-corrected chi connectivity index (χ2v) is 4.45. The molecule has 0 bridgehead atoms. The Balaban J connectivity index is 2.15. The molecule has 2 N–H and O–H groups in total. The molecule has 0 aliphatic carbocycles. The zero-order chi connectivity index (χ0) is 14.1. The molecular formula is C15H14N2O3. The highest BCUT2D eigenvalue weighted by Gasteiger charge is 2.19. The van der Waals surface area contributed by atoms with Gasteiger partial charge in [-0.15, -0.1) is 0 Å². The van der Waals surface area contributed by atoms with E-state index in [0.29, 0.717) is 5.69 Å². The van der Waals surface area contributed by atoms with Gasteiger partial charge in [-0.05, 0) is 30.7 Å². The number of furan rings is 1. The van der Waals surface area contributed by atoms with Crippen LogP contribution in [0.5, 0.6) is 5.75 Å². The van der Waals surface area contributed by atoms with Gasteiger partial charge in [-0.1, -0.05) is 17.3 Å². The highest BCUT2D eigenvalue weighted by molar-refractivity contribution is 5.87. The van der Waals surface area contributed by atoms with Gasteiger partial charge in [0.25, 0.3) is 0 Å². The summed E-state index contributed by atoms with van der Waals surface area (Å²) in [6.45, 7) is 1.87. The number of ether oxygens (including phenoxy) is 1. The zero-order valence-corrected chi connectivity index (χ0v) is 11.2. The van der Waals surface area contributed by atoms with Crippen molar-refractivity contribution in [3.63, 3.8) is 0 Å². The van der Waals surface area contributed by atoms with E-state index < -0.39 is 0 Å². The largest absolute Gasteiger partial charge is 0.497 e. The molecule has 0 aliphatic heterocycles. The Hall–Kier alpha value is -2.69. The Kier molecular flexibility index (Phi) is 2.95. The van der Waals surface area contributed by atoms with Crippen molar-refractivity contribution in [3.8, 4) is 28.1 Å². The van der Waals surface area contributed by atoms with Crippen molar-refractivity contribution < 1.29 is 13.7 Å². The van der Waals surface area contributed by atoms with Crippen molar-refractivity contribution in [1.29, 1.82) is 0 Å². The Bertz CT molecular complexity index is 743. The topological polar surface area (TPSA) is 74.4 Å². The summed E-state index contributed by atoms with van der Waals surface area (Å²) >= 11 is 0. The molecule has 0 saturated carbocycles. The number of aromatic nitrogens is 1. The highest BCUT2D eigenvalue weighted by atomic mass is 16.5. The highest BCUT2D eigenvalue weighted by Crippen LogP contribution is 2.37. The molecule has 0 atom stereocenters. The maximum Gasteiger partial charge on any atom is 0.230 e. The number of nitrogen functional groups attached to an aromatic ring is 1. The Morgan fingerprint density at radius 2 is 2.05 bits per heavy atom. The van der Waals surface area contributed by atoms with Gasteiger partial charge < -0.3 is 19.4 Å². The number of aryl methyl sites for hydroxylation is 1. The quantitative estimate of drug-likeness (QED) is 0.788. The van der Waals surface area contributed by atoms with Crippen LogP contribution in [-0.2, 0) is 0 Å². The zero-order valence-electron chi connectivity index (χ0n) is 11.2. The molecular weight excluding hydrogens is 256 g/mol. The molecule has 5 nitrogen and oxygen atoms in total. The van der Waals surface area contributed by atoms with Crippen LogP contribution in [0.1, 0.15) is 5.76 Å². The molecule has 0 fully saturated rings. The van der Waals surface area contributed by atoms with Gasteiger partial charge >= 0.3 is 0 Å². The minimum atomic E-state index is 0.270. The van der Waals surface area contributed by atoms with Gasteiger partial charge in [-0.25, -0.2) is 0 Å². The molecule has 0 radical (unpaired) electrons. The van der Waals surface area contributed by atoms with Gasteiger partial charge in [0.05, 0.1) is 12.7 Å². The molecule has 0 amide bonds. The van der Waals surface area contributed by atoms with Crippen molar-refractivity contribution in [2.24, 2.45) is 0 Å². The molecule has 1 aromatic carbocycles. The van der Waals surface area contributed by atoms with Crippen LogP contribution in [0, 0.1) is 6.92 Å². The van der Waals surface area contributed by atoms with E-state index in [4.69, 9.17) is 19.4 Å². The summed E-state index contributed by atoms with van der Waals surface area (Å²) in [7, 11) is 1.62. The first-order chi connectivity index (χ1) is 9.69. The predicted octanol–water partition coefficient (Wildman–Crippen LogP) is 3.50. The molecule has 0 unspecified atom stereocenters. The normalized spacial score (nSPS) is 10.7. The monoisotopic (exact) mass is 270 g/mol. The maximum absolute atomic E-state index is 5.91. The average molecular weight is 270 g/mol. The summed E-state index contributed by atoms with van der Waals surface area (Å²) in [5.41, 5.74) is 9.03. The van der Waals surface area contributed by atoms with Crippen LogP contribution in [0.25, 0.3) is 22.4 Å². The lowest BCUT2D eigenvalue weighted by Gasteiger charge is -2.04. The number of hydrogen-bond acceptors (Lipinski definition) is 5. The molecule has 0 aliphatic rings. The number of nitrogens with two attached hydrogens (primary N) is 1. The summed E-state index contributed by atoms with van der Waals surface area (Å²) in [4.78, 5) is 0. The summed E-state index contributed by atoms with van der Waals surface area (Å²) in [6.07, 6.45) is 1.64. The van der Waals surface area contributed by atoms with Gasteiger partial charge in [0.15, 0.2) is 0 Å². The average Bonchev–Trinajstić information content (AvgIpc) is 3.05.